The maximum absolute atomic E-state index is 13.1. The maximum Gasteiger partial charge on any atom is 0.264 e. The number of hydrogen-bond acceptors (Lipinski definition) is 0. The quantitative estimate of drug-likeness (QED) is 0.686. The van der Waals surface area contributed by atoms with Crippen LogP contribution in [0.25, 0.3) is 10.8 Å². The fourth-order valence-corrected chi connectivity index (χ4v) is 2.45. The molecule has 2 heteroatoms. The minimum Gasteiger partial charge on any atom is -0.205 e. The summed E-state index contributed by atoms with van der Waals surface area (Å²) >= 11 is 0. The lowest BCUT2D eigenvalue weighted by Crippen LogP contribution is -1.94. The van der Waals surface area contributed by atoms with Crippen molar-refractivity contribution in [3.63, 3.8) is 0 Å². The first-order valence-electron chi connectivity index (χ1n) is 5.98. The molecule has 88 valence electrons. The molecule has 0 radical (unpaired) electrons. The Morgan fingerprint density at radius 1 is 1.18 bits per heavy atom. The van der Waals surface area contributed by atoms with Crippen LogP contribution in [0.5, 0.6) is 0 Å². The zero-order chi connectivity index (χ0) is 12.0. The normalized spacial score (nSPS) is 15.8. The highest BCUT2D eigenvalue weighted by Crippen LogP contribution is 2.45. The fraction of sp³-hybridized carbons (Fsp3) is 0.333. The first-order valence-corrected chi connectivity index (χ1v) is 5.98. The summed E-state index contributed by atoms with van der Waals surface area (Å²) in [5.74, 6) is 0.365. The van der Waals surface area contributed by atoms with Gasteiger partial charge in [-0.1, -0.05) is 24.3 Å². The van der Waals surface area contributed by atoms with Gasteiger partial charge in [0.25, 0.3) is 6.43 Å². The molecular formula is C15H14F2. The summed E-state index contributed by atoms with van der Waals surface area (Å²) in [5, 5.41) is 2.03. The SMILES string of the molecule is Cc1cccc2cc(C3CC3)c(C(F)F)cc12. The lowest BCUT2D eigenvalue weighted by atomic mass is 9.96. The van der Waals surface area contributed by atoms with Gasteiger partial charge in [-0.25, -0.2) is 8.78 Å². The van der Waals surface area contributed by atoms with Crippen molar-refractivity contribution in [1.29, 1.82) is 0 Å². The Bertz CT molecular complexity index is 568. The van der Waals surface area contributed by atoms with E-state index in [2.05, 4.69) is 0 Å². The van der Waals surface area contributed by atoms with Gasteiger partial charge in [0.1, 0.15) is 0 Å². The standard InChI is InChI=1S/C15H14F2/c1-9-3-2-4-11-7-13(10-5-6-10)14(15(16)17)8-12(9)11/h2-4,7-8,10,15H,5-6H2,1H3. The van der Waals surface area contributed by atoms with Gasteiger partial charge in [-0.05, 0) is 53.6 Å². The van der Waals surface area contributed by atoms with Gasteiger partial charge in [0.05, 0.1) is 0 Å². The summed E-state index contributed by atoms with van der Waals surface area (Å²) in [6, 6.07) is 9.60. The zero-order valence-corrected chi connectivity index (χ0v) is 9.71. The minimum atomic E-state index is -2.37. The largest absolute Gasteiger partial charge is 0.264 e. The molecule has 0 bridgehead atoms. The van der Waals surface area contributed by atoms with Crippen LogP contribution >= 0.6 is 0 Å². The van der Waals surface area contributed by atoms with Crippen LogP contribution in [0.3, 0.4) is 0 Å². The summed E-state index contributed by atoms with van der Waals surface area (Å²) in [5.41, 5.74) is 2.15. The van der Waals surface area contributed by atoms with Gasteiger partial charge in [-0.3, -0.25) is 0 Å². The molecule has 0 heterocycles. The topological polar surface area (TPSA) is 0 Å². The maximum atomic E-state index is 13.1. The molecule has 0 amide bonds. The number of aryl methyl sites for hydroxylation is 1. The second kappa shape index (κ2) is 3.80. The molecule has 0 atom stereocenters. The Morgan fingerprint density at radius 2 is 1.94 bits per heavy atom. The van der Waals surface area contributed by atoms with Crippen molar-refractivity contribution in [3.8, 4) is 0 Å². The van der Waals surface area contributed by atoms with E-state index >= 15 is 0 Å². The summed E-state index contributed by atoms with van der Waals surface area (Å²) < 4.78 is 26.2. The van der Waals surface area contributed by atoms with Crippen molar-refractivity contribution in [3.05, 3.63) is 47.0 Å². The van der Waals surface area contributed by atoms with Crippen molar-refractivity contribution in [2.75, 3.05) is 0 Å². The summed E-state index contributed by atoms with van der Waals surface area (Å²) in [4.78, 5) is 0. The molecule has 0 saturated heterocycles. The molecular weight excluding hydrogens is 218 g/mol. The molecule has 0 unspecified atom stereocenters. The van der Waals surface area contributed by atoms with Crippen molar-refractivity contribution >= 4 is 10.8 Å². The molecule has 0 nitrogen and oxygen atoms in total. The van der Waals surface area contributed by atoms with E-state index in [9.17, 15) is 8.78 Å². The van der Waals surface area contributed by atoms with Crippen LogP contribution in [-0.2, 0) is 0 Å². The van der Waals surface area contributed by atoms with Crippen molar-refractivity contribution in [1.82, 2.24) is 0 Å². The minimum absolute atomic E-state index is 0.231. The molecule has 0 N–H and O–H groups in total. The number of rotatable bonds is 2. The zero-order valence-electron chi connectivity index (χ0n) is 9.71. The van der Waals surface area contributed by atoms with Crippen LogP contribution in [0, 0.1) is 6.92 Å². The van der Waals surface area contributed by atoms with E-state index in [1.807, 2.05) is 31.2 Å². The van der Waals surface area contributed by atoms with E-state index in [1.54, 1.807) is 6.07 Å². The van der Waals surface area contributed by atoms with Crippen LogP contribution in [0.15, 0.2) is 30.3 Å². The van der Waals surface area contributed by atoms with E-state index in [1.165, 1.54) is 0 Å². The van der Waals surface area contributed by atoms with E-state index in [0.29, 0.717) is 5.92 Å². The summed E-state index contributed by atoms with van der Waals surface area (Å²) in [6.45, 7) is 1.97. The highest BCUT2D eigenvalue weighted by Gasteiger charge is 2.28. The molecule has 17 heavy (non-hydrogen) atoms. The third-order valence-electron chi connectivity index (χ3n) is 3.55. The van der Waals surface area contributed by atoms with Gasteiger partial charge >= 0.3 is 0 Å². The van der Waals surface area contributed by atoms with Crippen LogP contribution in [0.2, 0.25) is 0 Å². The van der Waals surface area contributed by atoms with Crippen LogP contribution in [0.1, 0.15) is 41.9 Å². The van der Waals surface area contributed by atoms with E-state index in [0.717, 1.165) is 34.7 Å². The Morgan fingerprint density at radius 3 is 2.59 bits per heavy atom. The third kappa shape index (κ3) is 1.82. The van der Waals surface area contributed by atoms with E-state index < -0.39 is 6.43 Å². The predicted molar refractivity (Wildman–Crippen MR) is 65.6 cm³/mol. The second-order valence-corrected chi connectivity index (χ2v) is 4.85. The highest BCUT2D eigenvalue weighted by molar-refractivity contribution is 5.87. The molecule has 1 saturated carbocycles. The molecule has 1 fully saturated rings. The number of hydrogen-bond donors (Lipinski definition) is 0. The lowest BCUT2D eigenvalue weighted by molar-refractivity contribution is 0.150. The molecule has 0 spiro atoms. The smallest absolute Gasteiger partial charge is 0.205 e. The lowest BCUT2D eigenvalue weighted by Gasteiger charge is -2.11. The molecule has 2 aromatic rings. The highest BCUT2D eigenvalue weighted by atomic mass is 19.3. The van der Waals surface area contributed by atoms with Crippen molar-refractivity contribution < 1.29 is 8.78 Å². The van der Waals surface area contributed by atoms with E-state index in [4.69, 9.17) is 0 Å². The van der Waals surface area contributed by atoms with Crippen LogP contribution in [0.4, 0.5) is 8.78 Å². The number of benzene rings is 2. The molecule has 1 aliphatic rings. The second-order valence-electron chi connectivity index (χ2n) is 4.85. The molecule has 0 aliphatic heterocycles. The Kier molecular flexibility index (Phi) is 2.39. The van der Waals surface area contributed by atoms with Crippen LogP contribution in [-0.4, -0.2) is 0 Å². The molecule has 3 rings (SSSR count). The fourth-order valence-electron chi connectivity index (χ4n) is 2.45. The van der Waals surface area contributed by atoms with Gasteiger partial charge in [-0.2, -0.15) is 0 Å². The van der Waals surface area contributed by atoms with Gasteiger partial charge in [0.15, 0.2) is 0 Å². The Labute approximate surface area is 99.3 Å². The van der Waals surface area contributed by atoms with Crippen molar-refractivity contribution in [2.45, 2.75) is 32.1 Å². The number of halogens is 2. The average molecular weight is 232 g/mol. The third-order valence-corrected chi connectivity index (χ3v) is 3.55. The van der Waals surface area contributed by atoms with Crippen LogP contribution < -0.4 is 0 Å². The molecule has 1 aliphatic carbocycles. The first kappa shape index (κ1) is 10.7. The average Bonchev–Trinajstić information content (AvgIpc) is 3.11. The van der Waals surface area contributed by atoms with Gasteiger partial charge in [0.2, 0.25) is 0 Å². The first-order chi connectivity index (χ1) is 8.16. The molecule has 0 aromatic heterocycles. The Balaban J connectivity index is 2.28. The number of alkyl halides is 2. The van der Waals surface area contributed by atoms with E-state index in [-0.39, 0.29) is 5.56 Å². The van der Waals surface area contributed by atoms with Gasteiger partial charge in [0, 0.05) is 5.56 Å². The van der Waals surface area contributed by atoms with Crippen molar-refractivity contribution in [2.24, 2.45) is 0 Å². The monoisotopic (exact) mass is 232 g/mol. The van der Waals surface area contributed by atoms with Gasteiger partial charge < -0.3 is 0 Å². The predicted octanol–water partition coefficient (Wildman–Crippen LogP) is 4.96. The number of fused-ring (bicyclic) bond motifs is 1. The summed E-state index contributed by atoms with van der Waals surface area (Å²) in [7, 11) is 0. The summed E-state index contributed by atoms with van der Waals surface area (Å²) in [6.07, 6.45) is -0.261. The molecule has 2 aromatic carbocycles. The Hall–Kier alpha value is -1.44. The van der Waals surface area contributed by atoms with Gasteiger partial charge in [-0.15, -0.1) is 0 Å².